The Kier molecular flexibility index (Phi) is 2.23. The Hall–Kier alpha value is -1.20. The number of alkyl halides is 3. The Morgan fingerprint density at radius 1 is 1.38 bits per heavy atom. The van der Waals surface area contributed by atoms with Crippen LogP contribution in [0.5, 0.6) is 0 Å². The van der Waals surface area contributed by atoms with Crippen molar-refractivity contribution in [1.82, 2.24) is 9.97 Å². The van der Waals surface area contributed by atoms with Gasteiger partial charge >= 0.3 is 6.18 Å². The Bertz CT molecular complexity index is 300. The van der Waals surface area contributed by atoms with Crippen LogP contribution in [-0.2, 0) is 6.18 Å². The number of H-pyrrole nitrogens is 1. The number of nitrogen functional groups attached to an aromatic ring is 1. The molecule has 0 aliphatic carbocycles. The van der Waals surface area contributed by atoms with Gasteiger partial charge in [0.2, 0.25) is 5.82 Å². The lowest BCUT2D eigenvalue weighted by molar-refractivity contribution is -0.144. The third kappa shape index (κ3) is 1.93. The van der Waals surface area contributed by atoms with E-state index in [2.05, 4.69) is 9.97 Å². The summed E-state index contributed by atoms with van der Waals surface area (Å²) in [6, 6.07) is 0. The fourth-order valence-electron chi connectivity index (χ4n) is 0.975. The first-order valence-corrected chi connectivity index (χ1v) is 3.75. The molecule has 3 nitrogen and oxygen atoms in total. The molecule has 1 rings (SSSR count). The number of aromatic nitrogens is 2. The van der Waals surface area contributed by atoms with Crippen molar-refractivity contribution in [1.29, 1.82) is 0 Å². The number of rotatable bonds is 1. The van der Waals surface area contributed by atoms with E-state index in [4.69, 9.17) is 5.73 Å². The van der Waals surface area contributed by atoms with E-state index in [1.807, 2.05) is 0 Å². The Balaban J connectivity index is 3.10. The fraction of sp³-hybridized carbons (Fsp3) is 0.571. The maximum atomic E-state index is 12.1. The normalized spacial score (nSPS) is 12.5. The van der Waals surface area contributed by atoms with Gasteiger partial charge in [-0.1, -0.05) is 13.8 Å². The van der Waals surface area contributed by atoms with Crippen LogP contribution < -0.4 is 5.73 Å². The van der Waals surface area contributed by atoms with Crippen LogP contribution in [0.25, 0.3) is 0 Å². The average Bonchev–Trinajstić information content (AvgIpc) is 2.29. The van der Waals surface area contributed by atoms with Crippen LogP contribution in [-0.4, -0.2) is 9.97 Å². The molecule has 0 spiro atoms. The Morgan fingerprint density at radius 2 is 1.92 bits per heavy atom. The molecule has 13 heavy (non-hydrogen) atoms. The third-order valence-electron chi connectivity index (χ3n) is 1.61. The van der Waals surface area contributed by atoms with Crippen LogP contribution >= 0.6 is 0 Å². The van der Waals surface area contributed by atoms with Crippen molar-refractivity contribution in [2.75, 3.05) is 5.73 Å². The zero-order chi connectivity index (χ0) is 10.2. The maximum Gasteiger partial charge on any atom is 0.449 e. The topological polar surface area (TPSA) is 54.7 Å². The SMILES string of the molecule is CC(C)c1[nH]c(C(F)(F)F)nc1N. The Morgan fingerprint density at radius 3 is 2.15 bits per heavy atom. The molecule has 0 fully saturated rings. The second-order valence-corrected chi connectivity index (χ2v) is 3.04. The van der Waals surface area contributed by atoms with Crippen molar-refractivity contribution in [2.45, 2.75) is 25.9 Å². The van der Waals surface area contributed by atoms with Crippen LogP contribution in [0.1, 0.15) is 31.3 Å². The molecular weight excluding hydrogens is 183 g/mol. The molecule has 0 unspecified atom stereocenters. The summed E-state index contributed by atoms with van der Waals surface area (Å²) in [5, 5.41) is 0. The summed E-state index contributed by atoms with van der Waals surface area (Å²) in [4.78, 5) is 5.36. The first kappa shape index (κ1) is 9.88. The first-order chi connectivity index (χ1) is 5.82. The van der Waals surface area contributed by atoms with E-state index in [1.54, 1.807) is 13.8 Å². The summed E-state index contributed by atoms with van der Waals surface area (Å²) < 4.78 is 36.3. The summed E-state index contributed by atoms with van der Waals surface area (Å²) in [5.41, 5.74) is 5.62. The number of anilines is 1. The lowest BCUT2D eigenvalue weighted by Gasteiger charge is -2.02. The van der Waals surface area contributed by atoms with Gasteiger partial charge in [-0.2, -0.15) is 13.2 Å². The molecule has 0 aliphatic heterocycles. The minimum absolute atomic E-state index is 0.0812. The van der Waals surface area contributed by atoms with Gasteiger partial charge in [0.15, 0.2) is 0 Å². The highest BCUT2D eigenvalue weighted by atomic mass is 19.4. The lowest BCUT2D eigenvalue weighted by atomic mass is 10.1. The monoisotopic (exact) mass is 193 g/mol. The minimum Gasteiger partial charge on any atom is -0.382 e. The van der Waals surface area contributed by atoms with Crippen LogP contribution in [0.15, 0.2) is 0 Å². The molecule has 0 amide bonds. The molecule has 0 saturated carbocycles. The van der Waals surface area contributed by atoms with Crippen LogP contribution in [0.2, 0.25) is 0 Å². The van der Waals surface area contributed by atoms with Crippen LogP contribution in [0.4, 0.5) is 19.0 Å². The molecule has 0 saturated heterocycles. The van der Waals surface area contributed by atoms with E-state index in [0.29, 0.717) is 5.69 Å². The van der Waals surface area contributed by atoms with Crippen LogP contribution in [0.3, 0.4) is 0 Å². The van der Waals surface area contributed by atoms with E-state index < -0.39 is 12.0 Å². The van der Waals surface area contributed by atoms with Gasteiger partial charge in [-0.05, 0) is 5.92 Å². The van der Waals surface area contributed by atoms with Gasteiger partial charge in [-0.3, -0.25) is 0 Å². The molecule has 0 aliphatic rings. The fourth-order valence-corrected chi connectivity index (χ4v) is 0.975. The van der Waals surface area contributed by atoms with E-state index in [9.17, 15) is 13.2 Å². The highest BCUT2D eigenvalue weighted by molar-refractivity contribution is 5.38. The number of nitrogens with two attached hydrogens (primary N) is 1. The third-order valence-corrected chi connectivity index (χ3v) is 1.61. The largest absolute Gasteiger partial charge is 0.449 e. The summed E-state index contributed by atoms with van der Waals surface area (Å²) in [7, 11) is 0. The van der Waals surface area contributed by atoms with Gasteiger partial charge in [-0.15, -0.1) is 0 Å². The number of imidazole rings is 1. The van der Waals surface area contributed by atoms with Crippen molar-refractivity contribution >= 4 is 5.82 Å². The van der Waals surface area contributed by atoms with E-state index in [0.717, 1.165) is 0 Å². The van der Waals surface area contributed by atoms with Crippen LogP contribution in [0, 0.1) is 0 Å². The molecule has 3 N–H and O–H groups in total. The van der Waals surface area contributed by atoms with Gasteiger partial charge in [0.25, 0.3) is 0 Å². The number of halogens is 3. The highest BCUT2D eigenvalue weighted by Gasteiger charge is 2.35. The molecular formula is C7H10F3N3. The number of nitrogens with one attached hydrogen (secondary N) is 1. The molecule has 0 atom stereocenters. The van der Waals surface area contributed by atoms with Crippen molar-refractivity contribution in [3.05, 3.63) is 11.5 Å². The van der Waals surface area contributed by atoms with Crippen molar-refractivity contribution in [2.24, 2.45) is 0 Å². The molecule has 0 bridgehead atoms. The molecule has 1 aromatic heterocycles. The summed E-state index contributed by atoms with van der Waals surface area (Å²) in [6.45, 7) is 3.48. The highest BCUT2D eigenvalue weighted by Crippen LogP contribution is 2.30. The second kappa shape index (κ2) is 2.93. The van der Waals surface area contributed by atoms with E-state index >= 15 is 0 Å². The molecule has 1 aromatic rings. The molecule has 1 heterocycles. The number of aromatic amines is 1. The first-order valence-electron chi connectivity index (χ1n) is 3.75. The Labute approximate surface area is 73.2 Å². The quantitative estimate of drug-likeness (QED) is 0.717. The average molecular weight is 193 g/mol. The van der Waals surface area contributed by atoms with Crippen molar-refractivity contribution in [3.8, 4) is 0 Å². The number of hydrogen-bond donors (Lipinski definition) is 2. The summed E-state index contributed by atoms with van der Waals surface area (Å²) in [6.07, 6.45) is -4.46. The lowest BCUT2D eigenvalue weighted by Crippen LogP contribution is -2.07. The number of hydrogen-bond acceptors (Lipinski definition) is 2. The van der Waals surface area contributed by atoms with Gasteiger partial charge in [0, 0.05) is 0 Å². The molecule has 0 radical (unpaired) electrons. The minimum atomic E-state index is -4.46. The molecule has 0 aromatic carbocycles. The maximum absolute atomic E-state index is 12.1. The standard InChI is InChI=1S/C7H10F3N3/c1-3(2)4-5(11)13-6(12-4)7(8,9)10/h3H,11H2,1-2H3,(H,12,13). The zero-order valence-electron chi connectivity index (χ0n) is 7.24. The van der Waals surface area contributed by atoms with Crippen molar-refractivity contribution in [3.63, 3.8) is 0 Å². The van der Waals surface area contributed by atoms with Crippen molar-refractivity contribution < 1.29 is 13.2 Å². The predicted molar refractivity (Wildman–Crippen MR) is 42.1 cm³/mol. The van der Waals surface area contributed by atoms with Gasteiger partial charge in [0.05, 0.1) is 5.69 Å². The summed E-state index contributed by atoms with van der Waals surface area (Å²) >= 11 is 0. The predicted octanol–water partition coefficient (Wildman–Crippen LogP) is 2.13. The van der Waals surface area contributed by atoms with Gasteiger partial charge in [-0.25, -0.2) is 4.98 Å². The van der Waals surface area contributed by atoms with E-state index in [-0.39, 0.29) is 11.7 Å². The molecule has 6 heteroatoms. The number of nitrogens with zero attached hydrogens (tertiary/aromatic N) is 1. The zero-order valence-corrected chi connectivity index (χ0v) is 7.24. The second-order valence-electron chi connectivity index (χ2n) is 3.04. The summed E-state index contributed by atoms with van der Waals surface area (Å²) in [5.74, 6) is -1.21. The molecule has 74 valence electrons. The smallest absolute Gasteiger partial charge is 0.382 e. The van der Waals surface area contributed by atoms with Gasteiger partial charge < -0.3 is 10.7 Å². The van der Waals surface area contributed by atoms with Gasteiger partial charge in [0.1, 0.15) is 5.82 Å². The van der Waals surface area contributed by atoms with E-state index in [1.165, 1.54) is 0 Å².